The summed E-state index contributed by atoms with van der Waals surface area (Å²) in [6.07, 6.45) is 9.64. The normalized spacial score (nSPS) is 27.7. The van der Waals surface area contributed by atoms with Crippen LogP contribution in [0.3, 0.4) is 0 Å². The number of nitriles is 1. The third-order valence-electron chi connectivity index (χ3n) is 5.89. The van der Waals surface area contributed by atoms with E-state index in [1.807, 2.05) is 0 Å². The molecule has 1 atom stereocenters. The maximum absolute atomic E-state index is 14.6. The van der Waals surface area contributed by atoms with Gasteiger partial charge in [0.15, 0.2) is 0 Å². The summed E-state index contributed by atoms with van der Waals surface area (Å²) in [5.74, 6) is -0.576. The van der Waals surface area contributed by atoms with Crippen LogP contribution in [0.5, 0.6) is 0 Å². The smallest absolute Gasteiger partial charge is 0.241 e. The molecule has 0 spiro atoms. The summed E-state index contributed by atoms with van der Waals surface area (Å²) in [6, 6.07) is 2.45. The van der Waals surface area contributed by atoms with Gasteiger partial charge in [0, 0.05) is 18.3 Å². The van der Waals surface area contributed by atoms with Crippen LogP contribution in [0.1, 0.15) is 38.5 Å². The molecule has 1 unspecified atom stereocenters. The van der Waals surface area contributed by atoms with Crippen molar-refractivity contribution >= 4 is 29.2 Å². The lowest BCUT2D eigenvalue weighted by Gasteiger charge is -2.30. The first kappa shape index (κ1) is 20.3. The van der Waals surface area contributed by atoms with Crippen LogP contribution in [0, 0.1) is 17.2 Å². The van der Waals surface area contributed by atoms with Crippen molar-refractivity contribution in [3.63, 3.8) is 0 Å². The van der Waals surface area contributed by atoms with Crippen LogP contribution in [0.25, 0.3) is 0 Å². The molecule has 2 aliphatic carbocycles. The molecular weight excluding hydrogens is 389 g/mol. The Morgan fingerprint density at radius 2 is 2.03 bits per heavy atom. The summed E-state index contributed by atoms with van der Waals surface area (Å²) >= 11 is 1.77. The zero-order valence-electron chi connectivity index (χ0n) is 16.4. The van der Waals surface area contributed by atoms with Gasteiger partial charge in [-0.2, -0.15) is 17.0 Å². The number of rotatable bonds is 5. The number of nitrogens with one attached hydrogen (secondary N) is 1. The number of likely N-dealkylation sites (tertiary alicyclic amines) is 1. The van der Waals surface area contributed by atoms with E-state index in [0.29, 0.717) is 34.8 Å². The van der Waals surface area contributed by atoms with Crippen molar-refractivity contribution in [2.75, 3.05) is 25.4 Å². The minimum atomic E-state index is -0.944. The van der Waals surface area contributed by atoms with Gasteiger partial charge in [0.2, 0.25) is 5.91 Å². The topological polar surface area (TPSA) is 80.8 Å². The molecule has 0 aromatic heterocycles. The molecule has 8 heteroatoms. The van der Waals surface area contributed by atoms with Crippen LogP contribution >= 0.6 is 11.8 Å². The molecule has 2 fully saturated rings. The summed E-state index contributed by atoms with van der Waals surface area (Å²) in [4.78, 5) is 23.9. The molecule has 2 heterocycles. The molecule has 154 valence electrons. The van der Waals surface area contributed by atoms with Gasteiger partial charge < -0.3 is 5.32 Å². The van der Waals surface area contributed by atoms with Crippen LogP contribution in [-0.2, 0) is 4.79 Å². The second kappa shape index (κ2) is 9.23. The molecule has 1 amide bonds. The van der Waals surface area contributed by atoms with Crippen LogP contribution in [0.4, 0.5) is 4.39 Å². The number of amidine groups is 1. The number of piperidine rings is 1. The molecule has 1 saturated carbocycles. The molecule has 0 aromatic rings. The summed E-state index contributed by atoms with van der Waals surface area (Å²) in [5.41, 5.74) is 1.06. The second-order valence-corrected chi connectivity index (χ2v) is 9.30. The van der Waals surface area contributed by atoms with E-state index < -0.39 is 11.7 Å². The highest BCUT2D eigenvalue weighted by molar-refractivity contribution is 8.00. The van der Waals surface area contributed by atoms with Gasteiger partial charge >= 0.3 is 0 Å². The van der Waals surface area contributed by atoms with Gasteiger partial charge in [0.05, 0.1) is 35.8 Å². The highest BCUT2D eigenvalue weighted by Crippen LogP contribution is 2.32. The molecule has 29 heavy (non-hydrogen) atoms. The number of halogens is 1. The Kier molecular flexibility index (Phi) is 6.46. The number of thioether (sulfide) groups is 1. The number of allylic oxidation sites excluding steroid dienone is 2. The van der Waals surface area contributed by atoms with E-state index in [0.717, 1.165) is 38.8 Å². The third kappa shape index (κ3) is 4.96. The fourth-order valence-corrected chi connectivity index (χ4v) is 5.39. The zero-order valence-corrected chi connectivity index (χ0v) is 17.3. The molecule has 2 aliphatic heterocycles. The lowest BCUT2D eigenvalue weighted by atomic mass is 9.94. The molecular formula is C21H26FN5OS. The number of nitrogens with zero attached hydrogens (tertiary/aromatic N) is 4. The predicted molar refractivity (Wildman–Crippen MR) is 114 cm³/mol. The number of hydrogen-bond acceptors (Lipinski definition) is 6. The number of carbonyl (C=O) groups excluding carboxylic acids is 1. The average Bonchev–Trinajstić information content (AvgIpc) is 3.20. The number of amides is 1. The molecule has 4 rings (SSSR count). The van der Waals surface area contributed by atoms with Gasteiger partial charge in [-0.05, 0) is 37.8 Å². The molecule has 1 saturated heterocycles. The second-order valence-electron chi connectivity index (χ2n) is 8.02. The lowest BCUT2D eigenvalue weighted by Crippen LogP contribution is -2.43. The summed E-state index contributed by atoms with van der Waals surface area (Å²) in [6.45, 7) is 2.34. The van der Waals surface area contributed by atoms with Crippen molar-refractivity contribution in [1.82, 2.24) is 10.2 Å². The maximum Gasteiger partial charge on any atom is 0.241 e. The van der Waals surface area contributed by atoms with Gasteiger partial charge in [0.1, 0.15) is 17.6 Å². The number of aliphatic imine (C=N–C) groups is 2. The Balaban J connectivity index is 1.40. The van der Waals surface area contributed by atoms with Gasteiger partial charge in [-0.25, -0.2) is 9.38 Å². The molecule has 0 aromatic carbocycles. The Labute approximate surface area is 175 Å². The first-order chi connectivity index (χ1) is 14.1. The minimum absolute atomic E-state index is 0.255. The Morgan fingerprint density at radius 1 is 1.28 bits per heavy atom. The highest BCUT2D eigenvalue weighted by atomic mass is 32.2. The fraction of sp³-hybridized carbons (Fsp3) is 0.619. The van der Waals surface area contributed by atoms with E-state index >= 15 is 0 Å². The first-order valence-electron chi connectivity index (χ1n) is 10.4. The monoisotopic (exact) mass is 415 g/mol. The Morgan fingerprint density at radius 3 is 2.76 bits per heavy atom. The highest BCUT2D eigenvalue weighted by Gasteiger charge is 2.35. The Hall–Kier alpha value is -1.98. The van der Waals surface area contributed by atoms with Crippen LogP contribution in [0.15, 0.2) is 33.7 Å². The van der Waals surface area contributed by atoms with Crippen molar-refractivity contribution in [2.24, 2.45) is 15.9 Å². The number of hydrogen-bond donors (Lipinski definition) is 1. The predicted octanol–water partition coefficient (Wildman–Crippen LogP) is 2.99. The van der Waals surface area contributed by atoms with E-state index in [2.05, 4.69) is 26.3 Å². The minimum Gasteiger partial charge on any atom is -0.313 e. The van der Waals surface area contributed by atoms with E-state index in [1.165, 1.54) is 18.9 Å². The maximum atomic E-state index is 14.6. The molecule has 1 N–H and O–H groups in total. The SMILES string of the molecule is N#CCN1CCC(SCC2=NC3=CC(=NC4CCCC4)C=C(F)C3C(=O)N2)CC1. The van der Waals surface area contributed by atoms with Crippen LogP contribution < -0.4 is 5.32 Å². The summed E-state index contributed by atoms with van der Waals surface area (Å²) in [7, 11) is 0. The molecule has 0 bridgehead atoms. The van der Waals surface area contributed by atoms with E-state index in [4.69, 9.17) is 5.26 Å². The first-order valence-corrected chi connectivity index (χ1v) is 11.4. The number of fused-ring (bicyclic) bond motifs is 1. The van der Waals surface area contributed by atoms with Crippen molar-refractivity contribution in [3.05, 3.63) is 23.7 Å². The summed E-state index contributed by atoms with van der Waals surface area (Å²) in [5, 5.41) is 12.1. The molecule has 6 nitrogen and oxygen atoms in total. The molecule has 4 aliphatic rings. The Bertz CT molecular complexity index is 813. The zero-order chi connectivity index (χ0) is 20.2. The fourth-order valence-electron chi connectivity index (χ4n) is 4.31. The van der Waals surface area contributed by atoms with E-state index in [1.54, 1.807) is 17.8 Å². The standard InChI is InChI=1S/C21H26FN5OS/c22-17-11-15(24-14-3-1-2-4-14)12-18-20(17)21(28)26-19(25-18)13-29-16-5-8-27(9-6-16)10-7-23/h11-12,14,16,20H,1-6,8-10,13H2,(H,25,26,28). The van der Waals surface area contributed by atoms with Gasteiger partial charge in [-0.15, -0.1) is 0 Å². The quantitative estimate of drug-likeness (QED) is 0.700. The van der Waals surface area contributed by atoms with Crippen molar-refractivity contribution in [2.45, 2.75) is 49.8 Å². The van der Waals surface area contributed by atoms with Gasteiger partial charge in [0.25, 0.3) is 0 Å². The van der Waals surface area contributed by atoms with Crippen molar-refractivity contribution in [3.8, 4) is 6.07 Å². The molecule has 0 radical (unpaired) electrons. The van der Waals surface area contributed by atoms with E-state index in [-0.39, 0.29) is 11.9 Å². The largest absolute Gasteiger partial charge is 0.313 e. The summed E-state index contributed by atoms with van der Waals surface area (Å²) < 4.78 is 14.6. The average molecular weight is 416 g/mol. The van der Waals surface area contributed by atoms with Gasteiger partial charge in [-0.1, -0.05) is 12.8 Å². The van der Waals surface area contributed by atoms with Crippen LogP contribution in [-0.4, -0.2) is 59.0 Å². The number of carbonyl (C=O) groups is 1. The van der Waals surface area contributed by atoms with Crippen molar-refractivity contribution < 1.29 is 9.18 Å². The van der Waals surface area contributed by atoms with Crippen LogP contribution in [0.2, 0.25) is 0 Å². The van der Waals surface area contributed by atoms with E-state index in [9.17, 15) is 9.18 Å². The lowest BCUT2D eigenvalue weighted by molar-refractivity contribution is -0.122. The third-order valence-corrected chi connectivity index (χ3v) is 7.27. The van der Waals surface area contributed by atoms with Crippen molar-refractivity contribution in [1.29, 1.82) is 5.26 Å². The van der Waals surface area contributed by atoms with Gasteiger partial charge in [-0.3, -0.25) is 14.7 Å².